The van der Waals surface area contributed by atoms with Gasteiger partial charge in [-0.2, -0.15) is 0 Å². The Balaban J connectivity index is 1.84. The summed E-state index contributed by atoms with van der Waals surface area (Å²) in [7, 11) is 0. The van der Waals surface area contributed by atoms with E-state index >= 15 is 0 Å². The third-order valence-electron chi connectivity index (χ3n) is 5.97. The Morgan fingerprint density at radius 2 is 1.90 bits per heavy atom. The van der Waals surface area contributed by atoms with E-state index in [1.807, 2.05) is 13.8 Å². The summed E-state index contributed by atoms with van der Waals surface area (Å²) < 4.78 is 11.6. The number of fused-ring (bicyclic) bond motifs is 2. The van der Waals surface area contributed by atoms with Crippen molar-refractivity contribution >= 4 is 5.97 Å². The molecule has 5 nitrogen and oxygen atoms in total. The quantitative estimate of drug-likeness (QED) is 0.504. The summed E-state index contributed by atoms with van der Waals surface area (Å²) in [5.41, 5.74) is -0.610. The average Bonchev–Trinajstić information content (AvgIpc) is 2.63. The lowest BCUT2D eigenvalue weighted by molar-refractivity contribution is -0.559. The van der Waals surface area contributed by atoms with Crippen LogP contribution in [0, 0.1) is 23.7 Å². The number of carbonyl (C=O) groups excluding carboxylic acids is 1. The van der Waals surface area contributed by atoms with Gasteiger partial charge in [-0.05, 0) is 32.1 Å². The molecule has 0 aromatic heterocycles. The Bertz CT molecular complexity index is 452. The van der Waals surface area contributed by atoms with Crippen molar-refractivity contribution in [3.05, 3.63) is 0 Å². The first-order valence-corrected chi connectivity index (χ1v) is 7.71. The van der Waals surface area contributed by atoms with Crippen LogP contribution in [-0.4, -0.2) is 23.6 Å². The van der Waals surface area contributed by atoms with Gasteiger partial charge in [-0.15, -0.1) is 0 Å². The van der Waals surface area contributed by atoms with E-state index in [4.69, 9.17) is 19.2 Å². The van der Waals surface area contributed by atoms with Crippen LogP contribution in [0.4, 0.5) is 0 Å². The van der Waals surface area contributed by atoms with Crippen molar-refractivity contribution in [2.24, 2.45) is 23.7 Å². The molecule has 20 heavy (non-hydrogen) atoms. The maximum absolute atomic E-state index is 12.1. The standard InChI is InChI=1S/C15H22O5/c1-8-4-5-11-9(2)12(16)17-13-15(11)10(8)6-7-14(3,18-13)19-20-15/h8-11,13H,4-7H2,1-3H3/t8-,9-,10+,11+,13+,14-,15-/m1/s1. The van der Waals surface area contributed by atoms with Gasteiger partial charge in [0.15, 0.2) is 5.60 Å². The van der Waals surface area contributed by atoms with E-state index in [1.165, 1.54) is 0 Å². The van der Waals surface area contributed by atoms with Crippen LogP contribution in [0.15, 0.2) is 0 Å². The predicted molar refractivity (Wildman–Crippen MR) is 68.0 cm³/mol. The minimum absolute atomic E-state index is 0.123. The van der Waals surface area contributed by atoms with E-state index in [-0.39, 0.29) is 17.8 Å². The first kappa shape index (κ1) is 13.0. The summed E-state index contributed by atoms with van der Waals surface area (Å²) in [4.78, 5) is 23.7. The van der Waals surface area contributed by atoms with Crippen LogP contribution in [0.3, 0.4) is 0 Å². The van der Waals surface area contributed by atoms with Crippen LogP contribution in [0.5, 0.6) is 0 Å². The van der Waals surface area contributed by atoms with Crippen LogP contribution >= 0.6 is 0 Å². The van der Waals surface area contributed by atoms with Gasteiger partial charge in [-0.3, -0.25) is 4.79 Å². The van der Waals surface area contributed by atoms with Gasteiger partial charge >= 0.3 is 5.97 Å². The Hall–Kier alpha value is -0.650. The van der Waals surface area contributed by atoms with Crippen LogP contribution in [-0.2, 0) is 24.0 Å². The minimum atomic E-state index is -0.793. The maximum atomic E-state index is 12.1. The van der Waals surface area contributed by atoms with Crippen LogP contribution < -0.4 is 0 Å². The monoisotopic (exact) mass is 282 g/mol. The minimum Gasteiger partial charge on any atom is -0.432 e. The van der Waals surface area contributed by atoms with E-state index in [0.29, 0.717) is 11.8 Å². The first-order chi connectivity index (χ1) is 9.46. The summed E-state index contributed by atoms with van der Waals surface area (Å²) in [6.07, 6.45) is 3.24. The van der Waals surface area contributed by atoms with Gasteiger partial charge in [0.1, 0.15) is 0 Å². The summed E-state index contributed by atoms with van der Waals surface area (Å²) in [5, 5.41) is 0. The maximum Gasteiger partial charge on any atom is 0.311 e. The van der Waals surface area contributed by atoms with E-state index in [9.17, 15) is 4.79 Å². The van der Waals surface area contributed by atoms with Gasteiger partial charge in [0.05, 0.1) is 5.92 Å². The molecule has 0 unspecified atom stereocenters. The molecule has 112 valence electrons. The van der Waals surface area contributed by atoms with Gasteiger partial charge in [0.25, 0.3) is 0 Å². The van der Waals surface area contributed by atoms with E-state index in [0.717, 1.165) is 25.7 Å². The zero-order chi connectivity index (χ0) is 14.1. The van der Waals surface area contributed by atoms with E-state index in [1.54, 1.807) is 0 Å². The molecular formula is C15H22O5. The number of hydrogen-bond acceptors (Lipinski definition) is 5. The van der Waals surface area contributed by atoms with Crippen LogP contribution in [0.1, 0.15) is 46.5 Å². The SMILES string of the molecule is C[C@@H]1CC[C@H]2[C@@H](C)C(=O)O[C@H]3O[C@@]4(C)CC[C@@H]1[C@]32OO4. The van der Waals surface area contributed by atoms with Gasteiger partial charge in [-0.1, -0.05) is 13.8 Å². The second-order valence-corrected chi connectivity index (χ2v) is 7.14. The van der Waals surface area contributed by atoms with Gasteiger partial charge in [-0.25, -0.2) is 9.78 Å². The molecule has 4 aliphatic heterocycles. The van der Waals surface area contributed by atoms with Crippen molar-refractivity contribution in [1.29, 1.82) is 0 Å². The molecule has 0 aromatic rings. The summed E-state index contributed by atoms with van der Waals surface area (Å²) in [6, 6.07) is 0. The largest absolute Gasteiger partial charge is 0.432 e. The molecular weight excluding hydrogens is 260 g/mol. The normalized spacial score (nSPS) is 57.8. The summed E-state index contributed by atoms with van der Waals surface area (Å²) in [6.45, 7) is 6.06. The highest BCUT2D eigenvalue weighted by atomic mass is 17.3. The molecule has 0 N–H and O–H groups in total. The Labute approximate surface area is 118 Å². The molecule has 0 radical (unpaired) electrons. The first-order valence-electron chi connectivity index (χ1n) is 7.71. The van der Waals surface area contributed by atoms with Crippen molar-refractivity contribution in [3.8, 4) is 0 Å². The molecule has 1 saturated carbocycles. The van der Waals surface area contributed by atoms with Gasteiger partial charge in [0, 0.05) is 18.3 Å². The molecule has 5 aliphatic rings. The molecule has 5 rings (SSSR count). The molecule has 5 heteroatoms. The number of ether oxygens (including phenoxy) is 2. The van der Waals surface area contributed by atoms with Crippen molar-refractivity contribution in [2.45, 2.75) is 64.1 Å². The Kier molecular flexibility index (Phi) is 2.58. The second-order valence-electron chi connectivity index (χ2n) is 7.14. The molecule has 4 saturated heterocycles. The molecule has 0 amide bonds. The summed E-state index contributed by atoms with van der Waals surface area (Å²) in [5.74, 6) is -0.137. The number of esters is 1. The van der Waals surface area contributed by atoms with Crippen LogP contribution in [0.2, 0.25) is 0 Å². The topological polar surface area (TPSA) is 54.0 Å². The van der Waals surface area contributed by atoms with Gasteiger partial charge in [0.2, 0.25) is 12.1 Å². The van der Waals surface area contributed by atoms with Gasteiger partial charge < -0.3 is 9.47 Å². The van der Waals surface area contributed by atoms with Crippen molar-refractivity contribution in [2.75, 3.05) is 0 Å². The number of hydrogen-bond donors (Lipinski definition) is 0. The third-order valence-corrected chi connectivity index (χ3v) is 5.97. The zero-order valence-electron chi connectivity index (χ0n) is 12.3. The molecule has 4 heterocycles. The molecule has 7 atom stereocenters. The van der Waals surface area contributed by atoms with Crippen molar-refractivity contribution in [1.82, 2.24) is 0 Å². The van der Waals surface area contributed by atoms with E-state index < -0.39 is 17.7 Å². The highest BCUT2D eigenvalue weighted by Crippen LogP contribution is 2.59. The average molecular weight is 282 g/mol. The fourth-order valence-electron chi connectivity index (χ4n) is 4.76. The van der Waals surface area contributed by atoms with E-state index in [2.05, 4.69) is 6.92 Å². The fraction of sp³-hybridized carbons (Fsp3) is 0.933. The second kappa shape index (κ2) is 3.96. The highest BCUT2D eigenvalue weighted by molar-refractivity contribution is 5.74. The van der Waals surface area contributed by atoms with Crippen molar-refractivity contribution in [3.63, 3.8) is 0 Å². The molecule has 1 aliphatic carbocycles. The lowest BCUT2D eigenvalue weighted by Gasteiger charge is -2.57. The van der Waals surface area contributed by atoms with Crippen molar-refractivity contribution < 1.29 is 24.0 Å². The third kappa shape index (κ3) is 1.46. The zero-order valence-corrected chi connectivity index (χ0v) is 12.3. The predicted octanol–water partition coefficient (Wildman–Crippen LogP) is 2.39. The Morgan fingerprint density at radius 1 is 1.10 bits per heavy atom. The molecule has 1 spiro atoms. The lowest BCUT2D eigenvalue weighted by atomic mass is 9.58. The highest BCUT2D eigenvalue weighted by Gasteiger charge is 2.69. The summed E-state index contributed by atoms with van der Waals surface area (Å²) >= 11 is 0. The lowest BCUT2D eigenvalue weighted by Crippen LogP contribution is -2.69. The smallest absolute Gasteiger partial charge is 0.311 e. The van der Waals surface area contributed by atoms with Crippen LogP contribution in [0.25, 0.3) is 0 Å². The number of carbonyl (C=O) groups is 1. The molecule has 5 fully saturated rings. The fourth-order valence-corrected chi connectivity index (χ4v) is 4.76. The Morgan fingerprint density at radius 3 is 2.70 bits per heavy atom. The molecule has 0 aromatic carbocycles. The number of rotatable bonds is 0. The molecule has 2 bridgehead atoms.